The largest absolute Gasteiger partial charge is 0.395 e. The topological polar surface area (TPSA) is 63.0 Å². The van der Waals surface area contributed by atoms with Crippen LogP contribution in [0.2, 0.25) is 0 Å². The van der Waals surface area contributed by atoms with Crippen LogP contribution in [0.3, 0.4) is 0 Å². The summed E-state index contributed by atoms with van der Waals surface area (Å²) in [6.45, 7) is 3.79. The Bertz CT molecular complexity index is 850. The first kappa shape index (κ1) is 18.3. The van der Waals surface area contributed by atoms with E-state index in [0.717, 1.165) is 40.4 Å². The molecule has 2 aromatic heterocycles. The van der Waals surface area contributed by atoms with E-state index in [2.05, 4.69) is 39.6 Å². The van der Waals surface area contributed by atoms with Crippen molar-refractivity contribution in [2.45, 2.75) is 11.8 Å². The minimum atomic E-state index is 0.175. The van der Waals surface area contributed by atoms with Crippen molar-refractivity contribution in [3.63, 3.8) is 0 Å². The smallest absolute Gasteiger partial charge is 0.170 e. The van der Waals surface area contributed by atoms with Gasteiger partial charge in [-0.05, 0) is 42.6 Å². The first-order valence-corrected chi connectivity index (χ1v) is 10.3. The Kier molecular flexibility index (Phi) is 6.36. The highest BCUT2D eigenvalue weighted by molar-refractivity contribution is 7.99. The lowest BCUT2D eigenvalue weighted by Crippen LogP contribution is -2.20. The van der Waals surface area contributed by atoms with Crippen molar-refractivity contribution in [1.29, 1.82) is 0 Å². The summed E-state index contributed by atoms with van der Waals surface area (Å²) < 4.78 is 2.14. The summed E-state index contributed by atoms with van der Waals surface area (Å²) in [5.41, 5.74) is 4.18. The standard InChI is InChI=1S/C18H22N4OS2/c1-13-16(25-12-10-19-9-11-23)7-8-20-17(13)18-21-14-5-3-4-6-15(14)22(18)24-2/h3-8,19,23H,9-12H2,1-2H3. The van der Waals surface area contributed by atoms with Crippen LogP contribution in [0.4, 0.5) is 0 Å². The average Bonchev–Trinajstić information content (AvgIpc) is 3.01. The molecule has 2 heterocycles. The molecule has 0 aliphatic carbocycles. The van der Waals surface area contributed by atoms with Crippen LogP contribution in [0.1, 0.15) is 5.56 Å². The maximum absolute atomic E-state index is 8.81. The Morgan fingerprint density at radius 1 is 1.20 bits per heavy atom. The Balaban J connectivity index is 1.89. The fourth-order valence-electron chi connectivity index (χ4n) is 2.68. The third-order valence-electron chi connectivity index (χ3n) is 3.89. The van der Waals surface area contributed by atoms with Gasteiger partial charge in [0, 0.05) is 36.2 Å². The van der Waals surface area contributed by atoms with Crippen molar-refractivity contribution in [3.8, 4) is 11.5 Å². The van der Waals surface area contributed by atoms with E-state index in [1.807, 2.05) is 24.4 Å². The second-order valence-electron chi connectivity index (χ2n) is 5.51. The van der Waals surface area contributed by atoms with Gasteiger partial charge in [-0.1, -0.05) is 12.1 Å². The van der Waals surface area contributed by atoms with Gasteiger partial charge in [0.05, 0.1) is 17.6 Å². The van der Waals surface area contributed by atoms with E-state index in [0.29, 0.717) is 6.54 Å². The number of thioether (sulfide) groups is 1. The molecule has 0 radical (unpaired) electrons. The quantitative estimate of drug-likeness (QED) is 0.466. The molecule has 0 aliphatic heterocycles. The van der Waals surface area contributed by atoms with E-state index >= 15 is 0 Å². The van der Waals surface area contributed by atoms with Crippen molar-refractivity contribution in [2.75, 3.05) is 31.7 Å². The number of aliphatic hydroxyl groups is 1. The van der Waals surface area contributed by atoms with Crippen LogP contribution >= 0.6 is 23.7 Å². The van der Waals surface area contributed by atoms with Crippen LogP contribution in [0.25, 0.3) is 22.6 Å². The molecule has 132 valence electrons. The van der Waals surface area contributed by atoms with Crippen molar-refractivity contribution >= 4 is 34.7 Å². The number of fused-ring (bicyclic) bond motifs is 1. The highest BCUT2D eigenvalue weighted by Gasteiger charge is 2.16. The Hall–Kier alpha value is -1.54. The van der Waals surface area contributed by atoms with Crippen LogP contribution in [-0.4, -0.2) is 50.8 Å². The minimum absolute atomic E-state index is 0.175. The van der Waals surface area contributed by atoms with Crippen LogP contribution in [0.5, 0.6) is 0 Å². The number of imidazole rings is 1. The lowest BCUT2D eigenvalue weighted by atomic mass is 10.2. The Morgan fingerprint density at radius 3 is 2.84 bits per heavy atom. The molecule has 1 aromatic carbocycles. The van der Waals surface area contributed by atoms with Gasteiger partial charge in [0.25, 0.3) is 0 Å². The molecule has 2 N–H and O–H groups in total. The summed E-state index contributed by atoms with van der Waals surface area (Å²) in [4.78, 5) is 10.6. The van der Waals surface area contributed by atoms with E-state index in [4.69, 9.17) is 10.1 Å². The predicted octanol–water partition coefficient (Wildman–Crippen LogP) is 3.21. The minimum Gasteiger partial charge on any atom is -0.395 e. The van der Waals surface area contributed by atoms with Gasteiger partial charge in [-0.2, -0.15) is 0 Å². The number of hydrogen-bond acceptors (Lipinski definition) is 6. The zero-order valence-electron chi connectivity index (χ0n) is 14.4. The van der Waals surface area contributed by atoms with Crippen molar-refractivity contribution < 1.29 is 5.11 Å². The molecule has 0 aliphatic rings. The van der Waals surface area contributed by atoms with E-state index in [1.54, 1.807) is 23.7 Å². The monoisotopic (exact) mass is 374 g/mol. The number of aromatic nitrogens is 3. The molecule has 5 nitrogen and oxygen atoms in total. The lowest BCUT2D eigenvalue weighted by molar-refractivity contribution is 0.294. The number of benzene rings is 1. The maximum atomic E-state index is 8.81. The third kappa shape index (κ3) is 4.00. The van der Waals surface area contributed by atoms with Gasteiger partial charge >= 0.3 is 0 Å². The molecule has 0 unspecified atom stereocenters. The Morgan fingerprint density at radius 2 is 2.04 bits per heavy atom. The summed E-state index contributed by atoms with van der Waals surface area (Å²) in [7, 11) is 0. The van der Waals surface area contributed by atoms with Gasteiger partial charge in [-0.3, -0.25) is 8.96 Å². The average molecular weight is 375 g/mol. The maximum Gasteiger partial charge on any atom is 0.170 e. The van der Waals surface area contributed by atoms with Crippen LogP contribution < -0.4 is 5.32 Å². The van der Waals surface area contributed by atoms with Crippen molar-refractivity contribution in [3.05, 3.63) is 42.1 Å². The van der Waals surface area contributed by atoms with Crippen molar-refractivity contribution in [1.82, 2.24) is 19.3 Å². The molecule has 7 heteroatoms. The van der Waals surface area contributed by atoms with Gasteiger partial charge in [-0.25, -0.2) is 4.98 Å². The molecule has 25 heavy (non-hydrogen) atoms. The van der Waals surface area contributed by atoms with Crippen LogP contribution in [0.15, 0.2) is 41.4 Å². The van der Waals surface area contributed by atoms with Gasteiger partial charge < -0.3 is 10.4 Å². The summed E-state index contributed by atoms with van der Waals surface area (Å²) in [6, 6.07) is 10.2. The van der Waals surface area contributed by atoms with E-state index in [9.17, 15) is 0 Å². The number of pyridine rings is 1. The SMILES string of the molecule is CSn1c(-c2nccc(SCCNCCO)c2C)nc2ccccc21. The van der Waals surface area contributed by atoms with Gasteiger partial charge in [0.2, 0.25) is 0 Å². The molecular formula is C18H22N4OS2. The van der Waals surface area contributed by atoms with Gasteiger partial charge in [0.15, 0.2) is 5.82 Å². The number of rotatable bonds is 8. The zero-order chi connectivity index (χ0) is 17.6. The molecule has 3 aromatic rings. The van der Waals surface area contributed by atoms with Gasteiger partial charge in [0.1, 0.15) is 5.69 Å². The lowest BCUT2D eigenvalue weighted by Gasteiger charge is -2.11. The first-order valence-electron chi connectivity index (χ1n) is 8.18. The molecule has 0 atom stereocenters. The van der Waals surface area contributed by atoms with Crippen LogP contribution in [-0.2, 0) is 0 Å². The molecule has 0 saturated carbocycles. The number of nitrogens with one attached hydrogen (secondary N) is 1. The molecule has 0 amide bonds. The van der Waals surface area contributed by atoms with Crippen molar-refractivity contribution in [2.24, 2.45) is 0 Å². The number of aliphatic hydroxyl groups excluding tert-OH is 1. The summed E-state index contributed by atoms with van der Waals surface area (Å²) in [6.07, 6.45) is 3.91. The third-order valence-corrected chi connectivity index (χ3v) is 5.79. The normalized spacial score (nSPS) is 11.3. The van der Waals surface area contributed by atoms with E-state index in [-0.39, 0.29) is 6.61 Å². The second kappa shape index (κ2) is 8.71. The highest BCUT2D eigenvalue weighted by atomic mass is 32.2. The summed E-state index contributed by atoms with van der Waals surface area (Å²) in [5, 5.41) is 12.0. The molecule has 0 spiro atoms. The van der Waals surface area contributed by atoms with E-state index in [1.165, 1.54) is 4.90 Å². The van der Waals surface area contributed by atoms with Crippen LogP contribution in [0, 0.1) is 6.92 Å². The Labute approximate surface area is 156 Å². The molecular weight excluding hydrogens is 352 g/mol. The predicted molar refractivity (Wildman–Crippen MR) is 107 cm³/mol. The number of hydrogen-bond donors (Lipinski definition) is 2. The highest BCUT2D eigenvalue weighted by Crippen LogP contribution is 2.32. The number of nitrogens with zero attached hydrogens (tertiary/aromatic N) is 3. The summed E-state index contributed by atoms with van der Waals surface area (Å²) >= 11 is 3.44. The zero-order valence-corrected chi connectivity index (χ0v) is 16.0. The van der Waals surface area contributed by atoms with Gasteiger partial charge in [-0.15, -0.1) is 11.8 Å². The summed E-state index contributed by atoms with van der Waals surface area (Å²) in [5.74, 6) is 1.84. The fraction of sp³-hybridized carbons (Fsp3) is 0.333. The molecule has 3 rings (SSSR count). The van der Waals surface area contributed by atoms with E-state index < -0.39 is 0 Å². The second-order valence-corrected chi connectivity index (χ2v) is 7.37. The first-order chi connectivity index (χ1) is 12.3. The molecule has 0 bridgehead atoms. The fourth-order valence-corrected chi connectivity index (χ4v) is 4.26. The number of para-hydroxylation sites is 2. The molecule has 0 fully saturated rings. The molecule has 0 saturated heterocycles.